The van der Waals surface area contributed by atoms with E-state index in [1.165, 1.54) is 25.7 Å². The highest BCUT2D eigenvalue weighted by Crippen LogP contribution is 2.36. The highest BCUT2D eigenvalue weighted by Gasteiger charge is 2.14. The highest BCUT2D eigenvalue weighted by atomic mass is 35.5. The summed E-state index contributed by atoms with van der Waals surface area (Å²) in [6.45, 7) is 2.58. The van der Waals surface area contributed by atoms with Crippen molar-refractivity contribution in [3.8, 4) is 5.75 Å². The molecule has 142 valence electrons. The fraction of sp³-hybridized carbons (Fsp3) is 0.348. The Morgan fingerprint density at radius 1 is 0.889 bits per heavy atom. The van der Waals surface area contributed by atoms with Gasteiger partial charge in [-0.1, -0.05) is 81.0 Å². The maximum Gasteiger partial charge on any atom is 0.513 e. The van der Waals surface area contributed by atoms with Crippen LogP contribution >= 0.6 is 11.6 Å². The van der Waals surface area contributed by atoms with Gasteiger partial charge in [-0.25, -0.2) is 4.79 Å². The summed E-state index contributed by atoms with van der Waals surface area (Å²) >= 11 is 6.16. The number of carbonyl (C=O) groups is 1. The van der Waals surface area contributed by atoms with Crippen LogP contribution in [0.5, 0.6) is 5.75 Å². The predicted molar refractivity (Wildman–Crippen MR) is 112 cm³/mol. The monoisotopic (exact) mass is 384 g/mol. The summed E-state index contributed by atoms with van der Waals surface area (Å²) < 4.78 is 10.9. The zero-order valence-corrected chi connectivity index (χ0v) is 16.4. The standard InChI is InChI=1S/C23H25ClO3/c1-2-3-4-5-6-9-14-26-23(25)27-22-20-11-8-7-10-17(20)15-18-12-13-19(24)16-21(18)22/h7-8,10-13,15-16H,2-6,9,14H2,1H3. The van der Waals surface area contributed by atoms with Gasteiger partial charge in [0.2, 0.25) is 0 Å². The van der Waals surface area contributed by atoms with E-state index in [1.54, 1.807) is 0 Å². The first kappa shape index (κ1) is 19.5. The SMILES string of the molecule is CCCCCCCCOC(=O)Oc1c2ccccc2cc2ccc(Cl)cc12. The summed E-state index contributed by atoms with van der Waals surface area (Å²) in [6, 6.07) is 15.5. The molecule has 27 heavy (non-hydrogen) atoms. The molecule has 0 aromatic heterocycles. The summed E-state index contributed by atoms with van der Waals surface area (Å²) in [5.74, 6) is 0.499. The van der Waals surface area contributed by atoms with Gasteiger partial charge in [0.15, 0.2) is 0 Å². The molecular weight excluding hydrogens is 360 g/mol. The topological polar surface area (TPSA) is 35.5 Å². The first-order chi connectivity index (χ1) is 13.2. The molecule has 0 saturated heterocycles. The number of unbranched alkanes of at least 4 members (excludes halogenated alkanes) is 5. The molecule has 0 heterocycles. The van der Waals surface area contributed by atoms with E-state index in [0.717, 1.165) is 34.4 Å². The minimum atomic E-state index is -0.666. The van der Waals surface area contributed by atoms with Crippen LogP contribution in [0.3, 0.4) is 0 Å². The lowest BCUT2D eigenvalue weighted by molar-refractivity contribution is 0.0982. The van der Waals surface area contributed by atoms with Crippen LogP contribution in [0.1, 0.15) is 45.4 Å². The second kappa shape index (κ2) is 9.61. The zero-order chi connectivity index (χ0) is 19.1. The van der Waals surface area contributed by atoms with Crippen molar-refractivity contribution in [2.24, 2.45) is 0 Å². The molecular formula is C23H25ClO3. The van der Waals surface area contributed by atoms with Crippen LogP contribution in [0.25, 0.3) is 21.5 Å². The fourth-order valence-electron chi connectivity index (χ4n) is 3.25. The quantitative estimate of drug-likeness (QED) is 0.174. The van der Waals surface area contributed by atoms with Crippen LogP contribution in [0.15, 0.2) is 48.5 Å². The lowest BCUT2D eigenvalue weighted by atomic mass is 10.0. The average Bonchev–Trinajstić information content (AvgIpc) is 2.67. The lowest BCUT2D eigenvalue weighted by Crippen LogP contribution is -2.12. The Labute approximate surface area is 165 Å². The van der Waals surface area contributed by atoms with Gasteiger partial charge in [0.05, 0.1) is 6.61 Å². The largest absolute Gasteiger partial charge is 0.513 e. The third-order valence-electron chi connectivity index (χ3n) is 4.68. The first-order valence-electron chi connectivity index (χ1n) is 9.64. The van der Waals surface area contributed by atoms with Gasteiger partial charge in [-0.15, -0.1) is 0 Å². The maximum absolute atomic E-state index is 12.2. The molecule has 0 radical (unpaired) electrons. The van der Waals surface area contributed by atoms with Crippen LogP contribution in [-0.2, 0) is 4.74 Å². The van der Waals surface area contributed by atoms with Gasteiger partial charge in [0.1, 0.15) is 5.75 Å². The Kier molecular flexibility index (Phi) is 6.94. The molecule has 0 saturated carbocycles. The molecule has 0 aliphatic rings. The molecule has 0 bridgehead atoms. The third-order valence-corrected chi connectivity index (χ3v) is 4.91. The Bertz CT molecular complexity index is 920. The van der Waals surface area contributed by atoms with Crippen LogP contribution in [0, 0.1) is 0 Å². The van der Waals surface area contributed by atoms with Crippen LogP contribution in [-0.4, -0.2) is 12.8 Å². The molecule has 0 atom stereocenters. The molecule has 3 rings (SSSR count). The van der Waals surface area contributed by atoms with E-state index in [-0.39, 0.29) is 0 Å². The summed E-state index contributed by atoms with van der Waals surface area (Å²) in [5.41, 5.74) is 0. The van der Waals surface area contributed by atoms with Crippen LogP contribution in [0.4, 0.5) is 4.79 Å². The third kappa shape index (κ3) is 5.14. The Hall–Kier alpha value is -2.26. The van der Waals surface area contributed by atoms with Crippen molar-refractivity contribution in [3.05, 3.63) is 53.6 Å². The Balaban J connectivity index is 1.71. The Morgan fingerprint density at radius 2 is 1.63 bits per heavy atom. The van der Waals surface area contributed by atoms with Crippen LogP contribution in [0.2, 0.25) is 5.02 Å². The smallest absolute Gasteiger partial charge is 0.434 e. The molecule has 0 aliphatic heterocycles. The number of halogens is 1. The van der Waals surface area contributed by atoms with Crippen molar-refractivity contribution in [1.82, 2.24) is 0 Å². The first-order valence-corrected chi connectivity index (χ1v) is 10.0. The lowest BCUT2D eigenvalue weighted by Gasteiger charge is -2.12. The number of carbonyl (C=O) groups excluding carboxylic acids is 1. The van der Waals surface area contributed by atoms with E-state index < -0.39 is 6.16 Å². The molecule has 3 aromatic carbocycles. The highest BCUT2D eigenvalue weighted by molar-refractivity contribution is 6.31. The van der Waals surface area contributed by atoms with Crippen molar-refractivity contribution >= 4 is 39.3 Å². The van der Waals surface area contributed by atoms with E-state index in [1.807, 2.05) is 42.5 Å². The number of benzene rings is 3. The predicted octanol–water partition coefficient (Wildman–Crippen LogP) is 7.52. The summed E-state index contributed by atoms with van der Waals surface area (Å²) in [7, 11) is 0. The second-order valence-electron chi connectivity index (χ2n) is 6.76. The molecule has 3 aromatic rings. The molecule has 0 fully saturated rings. The second-order valence-corrected chi connectivity index (χ2v) is 7.20. The number of fused-ring (bicyclic) bond motifs is 2. The molecule has 3 nitrogen and oxygen atoms in total. The number of rotatable bonds is 8. The van der Waals surface area contributed by atoms with Crippen LogP contribution < -0.4 is 4.74 Å². The number of ether oxygens (including phenoxy) is 2. The molecule has 0 unspecified atom stereocenters. The van der Waals surface area contributed by atoms with Gasteiger partial charge in [-0.3, -0.25) is 0 Å². The van der Waals surface area contributed by atoms with E-state index in [0.29, 0.717) is 17.4 Å². The van der Waals surface area contributed by atoms with E-state index >= 15 is 0 Å². The maximum atomic E-state index is 12.2. The minimum Gasteiger partial charge on any atom is -0.434 e. The summed E-state index contributed by atoms with van der Waals surface area (Å²) in [5, 5.41) is 4.24. The minimum absolute atomic E-state index is 0.383. The van der Waals surface area contributed by atoms with Crippen molar-refractivity contribution < 1.29 is 14.3 Å². The summed E-state index contributed by atoms with van der Waals surface area (Å²) in [4.78, 5) is 12.2. The molecule has 0 amide bonds. The van der Waals surface area contributed by atoms with Crippen molar-refractivity contribution in [1.29, 1.82) is 0 Å². The normalized spacial score (nSPS) is 11.0. The number of hydrogen-bond acceptors (Lipinski definition) is 3. The van der Waals surface area contributed by atoms with Gasteiger partial charge < -0.3 is 9.47 Å². The van der Waals surface area contributed by atoms with Crippen molar-refractivity contribution in [2.45, 2.75) is 45.4 Å². The average molecular weight is 385 g/mol. The zero-order valence-electron chi connectivity index (χ0n) is 15.7. The van der Waals surface area contributed by atoms with E-state index in [2.05, 4.69) is 13.0 Å². The van der Waals surface area contributed by atoms with Crippen molar-refractivity contribution in [2.75, 3.05) is 6.61 Å². The van der Waals surface area contributed by atoms with Crippen molar-refractivity contribution in [3.63, 3.8) is 0 Å². The molecule has 0 N–H and O–H groups in total. The van der Waals surface area contributed by atoms with Gasteiger partial charge in [0.25, 0.3) is 0 Å². The molecule has 4 heteroatoms. The van der Waals surface area contributed by atoms with Gasteiger partial charge in [0, 0.05) is 15.8 Å². The van der Waals surface area contributed by atoms with Gasteiger partial charge >= 0.3 is 6.16 Å². The van der Waals surface area contributed by atoms with Gasteiger partial charge in [-0.2, -0.15) is 0 Å². The molecule has 0 spiro atoms. The van der Waals surface area contributed by atoms with E-state index in [9.17, 15) is 4.79 Å². The fourth-order valence-corrected chi connectivity index (χ4v) is 3.43. The van der Waals surface area contributed by atoms with E-state index in [4.69, 9.17) is 21.1 Å². The number of hydrogen-bond donors (Lipinski definition) is 0. The Morgan fingerprint density at radius 3 is 2.48 bits per heavy atom. The molecule has 0 aliphatic carbocycles. The summed E-state index contributed by atoms with van der Waals surface area (Å²) in [6.07, 6.45) is 6.18. The van der Waals surface area contributed by atoms with Gasteiger partial charge in [-0.05, 0) is 35.4 Å².